The molecule has 0 saturated heterocycles. The van der Waals surface area contributed by atoms with Crippen molar-refractivity contribution in [1.29, 1.82) is 0 Å². The molecule has 2 N–H and O–H groups in total. The molecule has 0 atom stereocenters. The summed E-state index contributed by atoms with van der Waals surface area (Å²) >= 11 is 0. The van der Waals surface area contributed by atoms with Gasteiger partial charge in [0.15, 0.2) is 0 Å². The topological polar surface area (TPSA) is 76.1 Å². The fourth-order valence-corrected chi connectivity index (χ4v) is 2.44. The third-order valence-corrected chi connectivity index (χ3v) is 3.84. The van der Waals surface area contributed by atoms with Gasteiger partial charge in [-0.1, -0.05) is 6.07 Å². The molecule has 0 fully saturated rings. The number of pyridine rings is 2. The summed E-state index contributed by atoms with van der Waals surface area (Å²) in [5, 5.41) is 5.66. The molecule has 0 aliphatic rings. The molecule has 0 saturated carbocycles. The molecule has 2 heterocycles. The Morgan fingerprint density at radius 3 is 2.58 bits per heavy atom. The molecule has 0 spiro atoms. The number of amides is 2. The molecule has 0 unspecified atom stereocenters. The van der Waals surface area contributed by atoms with Crippen LogP contribution in [0.1, 0.15) is 28.1 Å². The maximum absolute atomic E-state index is 11.9. The summed E-state index contributed by atoms with van der Waals surface area (Å²) in [5.74, 6) is 0.814. The number of aryl methyl sites for hydroxylation is 2. The summed E-state index contributed by atoms with van der Waals surface area (Å²) in [5.41, 5.74) is 4.82. The lowest BCUT2D eigenvalue weighted by molar-refractivity contribution is 0.240. The van der Waals surface area contributed by atoms with Crippen LogP contribution in [-0.4, -0.2) is 29.7 Å². The number of nitrogens with zero attached hydrogens (tertiary/aromatic N) is 2. The molecule has 6 heteroatoms. The van der Waals surface area contributed by atoms with Crippen molar-refractivity contribution in [2.45, 2.75) is 33.7 Å². The van der Waals surface area contributed by atoms with E-state index in [-0.39, 0.29) is 6.03 Å². The van der Waals surface area contributed by atoms with Crippen LogP contribution in [0.15, 0.2) is 24.5 Å². The van der Waals surface area contributed by atoms with Crippen LogP contribution in [0, 0.1) is 20.8 Å². The van der Waals surface area contributed by atoms with Crippen molar-refractivity contribution in [3.63, 3.8) is 0 Å². The van der Waals surface area contributed by atoms with E-state index in [0.717, 1.165) is 40.2 Å². The van der Waals surface area contributed by atoms with Crippen LogP contribution in [-0.2, 0) is 13.0 Å². The van der Waals surface area contributed by atoms with E-state index in [1.807, 2.05) is 39.1 Å². The highest BCUT2D eigenvalue weighted by Gasteiger charge is 2.10. The average molecular weight is 328 g/mol. The van der Waals surface area contributed by atoms with E-state index in [9.17, 15) is 4.79 Å². The SMILES string of the molecule is COc1c(C)cnc(CNC(=O)NCCc2ccc(C)nc2)c1C. The quantitative estimate of drug-likeness (QED) is 0.854. The number of hydrogen-bond acceptors (Lipinski definition) is 4. The summed E-state index contributed by atoms with van der Waals surface area (Å²) in [4.78, 5) is 20.5. The lowest BCUT2D eigenvalue weighted by atomic mass is 10.1. The highest BCUT2D eigenvalue weighted by atomic mass is 16.5. The van der Waals surface area contributed by atoms with E-state index in [1.54, 1.807) is 13.3 Å². The Morgan fingerprint density at radius 2 is 1.92 bits per heavy atom. The van der Waals surface area contributed by atoms with Crippen molar-refractivity contribution in [3.05, 3.63) is 52.6 Å². The molecule has 0 aliphatic heterocycles. The molecule has 2 aromatic rings. The summed E-state index contributed by atoms with van der Waals surface area (Å²) in [7, 11) is 1.64. The van der Waals surface area contributed by atoms with Crippen LogP contribution in [0.25, 0.3) is 0 Å². The number of nitrogens with one attached hydrogen (secondary N) is 2. The number of urea groups is 1. The minimum atomic E-state index is -0.212. The van der Waals surface area contributed by atoms with Crippen molar-refractivity contribution in [1.82, 2.24) is 20.6 Å². The zero-order chi connectivity index (χ0) is 17.5. The van der Waals surface area contributed by atoms with Gasteiger partial charge in [0.05, 0.1) is 19.3 Å². The van der Waals surface area contributed by atoms with Gasteiger partial charge in [-0.3, -0.25) is 9.97 Å². The highest BCUT2D eigenvalue weighted by molar-refractivity contribution is 5.73. The van der Waals surface area contributed by atoms with E-state index >= 15 is 0 Å². The van der Waals surface area contributed by atoms with E-state index in [0.29, 0.717) is 13.1 Å². The van der Waals surface area contributed by atoms with Crippen molar-refractivity contribution in [2.75, 3.05) is 13.7 Å². The molecule has 2 rings (SSSR count). The van der Waals surface area contributed by atoms with Gasteiger partial charge in [-0.15, -0.1) is 0 Å². The fourth-order valence-electron chi connectivity index (χ4n) is 2.44. The van der Waals surface area contributed by atoms with Gasteiger partial charge in [-0.05, 0) is 38.8 Å². The second-order valence-corrected chi connectivity index (χ2v) is 5.71. The van der Waals surface area contributed by atoms with Gasteiger partial charge in [0.2, 0.25) is 0 Å². The molecule has 2 aromatic heterocycles. The Bertz CT molecular complexity index is 699. The summed E-state index contributed by atoms with van der Waals surface area (Å²) in [6, 6.07) is 3.78. The maximum atomic E-state index is 11.9. The standard InChI is InChI=1S/C18H24N4O2/c1-12-9-21-16(14(3)17(12)24-4)11-22-18(23)19-8-7-15-6-5-13(2)20-10-15/h5-6,9-10H,7-8,11H2,1-4H3,(H2,19,22,23). The van der Waals surface area contributed by atoms with Crippen molar-refractivity contribution < 1.29 is 9.53 Å². The second kappa shape index (κ2) is 8.29. The van der Waals surface area contributed by atoms with Crippen LogP contribution >= 0.6 is 0 Å². The lowest BCUT2D eigenvalue weighted by Crippen LogP contribution is -2.36. The predicted molar refractivity (Wildman–Crippen MR) is 93.2 cm³/mol. The highest BCUT2D eigenvalue weighted by Crippen LogP contribution is 2.23. The summed E-state index contributed by atoms with van der Waals surface area (Å²) < 4.78 is 5.37. The number of methoxy groups -OCH3 is 1. The summed E-state index contributed by atoms with van der Waals surface area (Å²) in [6.07, 6.45) is 4.34. The van der Waals surface area contributed by atoms with Gasteiger partial charge in [-0.2, -0.15) is 0 Å². The molecule has 0 aliphatic carbocycles. The zero-order valence-corrected chi connectivity index (χ0v) is 14.6. The van der Waals surface area contributed by atoms with Crippen LogP contribution in [0.3, 0.4) is 0 Å². The molecule has 0 aromatic carbocycles. The van der Waals surface area contributed by atoms with E-state index < -0.39 is 0 Å². The first-order valence-corrected chi connectivity index (χ1v) is 7.93. The molecular weight excluding hydrogens is 304 g/mol. The second-order valence-electron chi connectivity index (χ2n) is 5.71. The smallest absolute Gasteiger partial charge is 0.315 e. The number of aromatic nitrogens is 2. The van der Waals surface area contributed by atoms with Gasteiger partial charge in [0.1, 0.15) is 5.75 Å². The fraction of sp³-hybridized carbons (Fsp3) is 0.389. The Hall–Kier alpha value is -2.63. The Balaban J connectivity index is 1.80. The number of carbonyl (C=O) groups is 1. The van der Waals surface area contributed by atoms with Gasteiger partial charge in [-0.25, -0.2) is 4.79 Å². The first-order chi connectivity index (χ1) is 11.5. The Morgan fingerprint density at radius 1 is 1.12 bits per heavy atom. The van der Waals surface area contributed by atoms with Gasteiger partial charge < -0.3 is 15.4 Å². The molecule has 128 valence electrons. The molecular formula is C18H24N4O2. The Kier molecular flexibility index (Phi) is 6.12. The van der Waals surface area contributed by atoms with Crippen LogP contribution in [0.5, 0.6) is 5.75 Å². The van der Waals surface area contributed by atoms with E-state index in [1.165, 1.54) is 0 Å². The zero-order valence-electron chi connectivity index (χ0n) is 14.6. The monoisotopic (exact) mass is 328 g/mol. The summed E-state index contributed by atoms with van der Waals surface area (Å²) in [6.45, 7) is 6.76. The predicted octanol–water partition coefficient (Wildman–Crippen LogP) is 2.45. The van der Waals surface area contributed by atoms with Gasteiger partial charge in [0, 0.05) is 35.8 Å². The number of rotatable bonds is 6. The maximum Gasteiger partial charge on any atom is 0.315 e. The number of ether oxygens (including phenoxy) is 1. The molecule has 0 radical (unpaired) electrons. The van der Waals surface area contributed by atoms with E-state index in [2.05, 4.69) is 20.6 Å². The molecule has 6 nitrogen and oxygen atoms in total. The molecule has 24 heavy (non-hydrogen) atoms. The van der Waals surface area contributed by atoms with Crippen LogP contribution < -0.4 is 15.4 Å². The van der Waals surface area contributed by atoms with Gasteiger partial charge >= 0.3 is 6.03 Å². The van der Waals surface area contributed by atoms with Crippen LogP contribution in [0.4, 0.5) is 4.79 Å². The number of hydrogen-bond donors (Lipinski definition) is 2. The molecule has 0 bridgehead atoms. The third kappa shape index (κ3) is 4.68. The van der Waals surface area contributed by atoms with Crippen molar-refractivity contribution >= 4 is 6.03 Å². The largest absolute Gasteiger partial charge is 0.496 e. The van der Waals surface area contributed by atoms with Crippen molar-refractivity contribution in [3.8, 4) is 5.75 Å². The normalized spacial score (nSPS) is 10.3. The van der Waals surface area contributed by atoms with E-state index in [4.69, 9.17) is 4.74 Å². The first-order valence-electron chi connectivity index (χ1n) is 7.93. The van der Waals surface area contributed by atoms with Crippen LogP contribution in [0.2, 0.25) is 0 Å². The average Bonchev–Trinajstić information content (AvgIpc) is 2.56. The van der Waals surface area contributed by atoms with Gasteiger partial charge in [0.25, 0.3) is 0 Å². The lowest BCUT2D eigenvalue weighted by Gasteiger charge is -2.13. The molecule has 2 amide bonds. The third-order valence-electron chi connectivity index (χ3n) is 3.84. The minimum absolute atomic E-state index is 0.212. The van der Waals surface area contributed by atoms with Crippen molar-refractivity contribution in [2.24, 2.45) is 0 Å². The minimum Gasteiger partial charge on any atom is -0.496 e. The number of carbonyl (C=O) groups excluding carboxylic acids is 1. The first kappa shape index (κ1) is 17.7. The Labute approximate surface area is 142 Å².